The number of ether oxygens (including phenoxy) is 1. The van der Waals surface area contributed by atoms with Gasteiger partial charge in [0.2, 0.25) is 5.91 Å². The summed E-state index contributed by atoms with van der Waals surface area (Å²) in [7, 11) is 1.31. The Hall–Kier alpha value is -2.18. The fourth-order valence-corrected chi connectivity index (χ4v) is 3.20. The number of β-lactam (4-membered cyclic amide) rings is 1. The minimum atomic E-state index is -0.816. The molecular formula is C15H18N4O3S. The van der Waals surface area contributed by atoms with Crippen LogP contribution in [0.25, 0.3) is 10.4 Å². The normalized spacial score (nSPS) is 21.1. The molecule has 1 aliphatic rings. The van der Waals surface area contributed by atoms with Crippen LogP contribution < -0.4 is 0 Å². The third-order valence-electron chi connectivity index (χ3n) is 3.83. The smallest absolute Gasteiger partial charge is 0.328 e. The number of azide groups is 1. The highest BCUT2D eigenvalue weighted by Crippen LogP contribution is 2.40. The van der Waals surface area contributed by atoms with E-state index in [0.717, 1.165) is 11.3 Å². The van der Waals surface area contributed by atoms with Gasteiger partial charge in [0.25, 0.3) is 0 Å². The summed E-state index contributed by atoms with van der Waals surface area (Å²) in [6.07, 6.45) is 2.43. The highest BCUT2D eigenvalue weighted by atomic mass is 32.2. The quantitative estimate of drug-likeness (QED) is 0.252. The van der Waals surface area contributed by atoms with Crippen molar-refractivity contribution in [2.45, 2.75) is 24.5 Å². The number of amides is 1. The van der Waals surface area contributed by atoms with Crippen LogP contribution in [-0.2, 0) is 14.3 Å². The maximum absolute atomic E-state index is 12.4. The van der Waals surface area contributed by atoms with E-state index in [2.05, 4.69) is 10.0 Å². The first-order valence-corrected chi connectivity index (χ1v) is 8.53. The van der Waals surface area contributed by atoms with Crippen molar-refractivity contribution in [1.82, 2.24) is 4.90 Å². The lowest BCUT2D eigenvalue weighted by atomic mass is 9.86. The molecule has 1 heterocycles. The summed E-state index contributed by atoms with van der Waals surface area (Å²) in [5, 5.41) is 3.60. The van der Waals surface area contributed by atoms with E-state index in [9.17, 15) is 9.59 Å². The van der Waals surface area contributed by atoms with Crippen molar-refractivity contribution in [3.8, 4) is 0 Å². The first-order chi connectivity index (χ1) is 11.2. The molecule has 0 aromatic heterocycles. The summed E-state index contributed by atoms with van der Waals surface area (Å²) in [5.74, 6) is -0.0714. The fraction of sp³-hybridized carbons (Fsp3) is 0.467. The third-order valence-corrected chi connectivity index (χ3v) is 4.47. The van der Waals surface area contributed by atoms with Gasteiger partial charge < -0.3 is 9.64 Å². The van der Waals surface area contributed by atoms with Gasteiger partial charge in [-0.05, 0) is 29.5 Å². The zero-order valence-corrected chi connectivity index (χ0v) is 13.8. The molecule has 0 spiro atoms. The van der Waals surface area contributed by atoms with E-state index >= 15 is 0 Å². The van der Waals surface area contributed by atoms with Crippen LogP contribution >= 0.6 is 11.8 Å². The van der Waals surface area contributed by atoms with Crippen LogP contribution in [0.1, 0.15) is 18.0 Å². The molecule has 3 unspecified atom stereocenters. The number of carbonyl (C=O) groups excluding carboxylic acids is 2. The number of hydrogen-bond donors (Lipinski definition) is 0. The van der Waals surface area contributed by atoms with Gasteiger partial charge in [0.05, 0.1) is 13.2 Å². The van der Waals surface area contributed by atoms with Crippen molar-refractivity contribution in [2.75, 3.05) is 19.1 Å². The maximum Gasteiger partial charge on any atom is 0.328 e. The highest BCUT2D eigenvalue weighted by molar-refractivity contribution is 7.98. The first kappa shape index (κ1) is 17.2. The molecule has 1 amide bonds. The van der Waals surface area contributed by atoms with E-state index in [-0.39, 0.29) is 5.91 Å². The van der Waals surface area contributed by atoms with Crippen molar-refractivity contribution in [1.29, 1.82) is 0 Å². The molecule has 23 heavy (non-hydrogen) atoms. The fourth-order valence-electron chi connectivity index (χ4n) is 2.74. The topological polar surface area (TPSA) is 95.4 Å². The summed E-state index contributed by atoms with van der Waals surface area (Å²) >= 11 is 1.59. The molecule has 2 rings (SSSR count). The standard InChI is InChI=1S/C15H18N4O3S/c1-22-15(21)11(8-9-23-2)19-13(10-6-4-3-5-7-10)12(14(19)20)17-18-16/h3-7,11-13H,8-9H2,1-2H3. The lowest BCUT2D eigenvalue weighted by Gasteiger charge is -2.48. The lowest BCUT2D eigenvalue weighted by molar-refractivity contribution is -0.166. The molecule has 3 atom stereocenters. The van der Waals surface area contributed by atoms with E-state index < -0.39 is 24.1 Å². The summed E-state index contributed by atoms with van der Waals surface area (Å²) < 4.78 is 4.85. The molecule has 1 aromatic carbocycles. The Morgan fingerprint density at radius 2 is 2.17 bits per heavy atom. The molecule has 8 heteroatoms. The molecule has 122 valence electrons. The summed E-state index contributed by atoms with van der Waals surface area (Å²) in [4.78, 5) is 28.8. The third kappa shape index (κ3) is 3.43. The average molecular weight is 334 g/mol. The zero-order valence-electron chi connectivity index (χ0n) is 13.0. The van der Waals surface area contributed by atoms with Gasteiger partial charge in [-0.25, -0.2) is 4.79 Å². The Balaban J connectivity index is 2.34. The van der Waals surface area contributed by atoms with Gasteiger partial charge >= 0.3 is 5.97 Å². The molecular weight excluding hydrogens is 316 g/mol. The number of thioether (sulfide) groups is 1. The second-order valence-corrected chi connectivity index (χ2v) is 6.06. The van der Waals surface area contributed by atoms with Crippen LogP contribution in [0.2, 0.25) is 0 Å². The molecule has 0 radical (unpaired) electrons. The molecule has 1 fully saturated rings. The van der Waals surface area contributed by atoms with E-state index in [0.29, 0.717) is 6.42 Å². The second-order valence-electron chi connectivity index (χ2n) is 5.07. The molecule has 1 aromatic rings. The molecule has 1 saturated heterocycles. The van der Waals surface area contributed by atoms with Crippen molar-refractivity contribution in [3.05, 3.63) is 46.3 Å². The Morgan fingerprint density at radius 1 is 1.48 bits per heavy atom. The summed E-state index contributed by atoms with van der Waals surface area (Å²) in [6, 6.07) is 7.34. The lowest BCUT2D eigenvalue weighted by Crippen LogP contribution is -2.63. The van der Waals surface area contributed by atoms with Gasteiger partial charge in [0.15, 0.2) is 0 Å². The molecule has 0 aliphatic carbocycles. The van der Waals surface area contributed by atoms with Crippen LogP contribution in [0.15, 0.2) is 35.4 Å². The largest absolute Gasteiger partial charge is 0.467 e. The zero-order chi connectivity index (χ0) is 16.8. The number of methoxy groups -OCH3 is 1. The van der Waals surface area contributed by atoms with Crippen molar-refractivity contribution < 1.29 is 14.3 Å². The monoisotopic (exact) mass is 334 g/mol. The number of rotatable bonds is 7. The average Bonchev–Trinajstić information content (AvgIpc) is 2.59. The van der Waals surface area contributed by atoms with Crippen molar-refractivity contribution in [3.63, 3.8) is 0 Å². The highest BCUT2D eigenvalue weighted by Gasteiger charge is 2.52. The molecule has 7 nitrogen and oxygen atoms in total. The maximum atomic E-state index is 12.4. The van der Waals surface area contributed by atoms with Gasteiger partial charge in [-0.1, -0.05) is 35.4 Å². The van der Waals surface area contributed by atoms with Crippen LogP contribution in [0.3, 0.4) is 0 Å². The Morgan fingerprint density at radius 3 is 2.74 bits per heavy atom. The number of carbonyl (C=O) groups is 2. The van der Waals surface area contributed by atoms with Crippen LogP contribution in [-0.4, -0.2) is 48.0 Å². The number of benzene rings is 1. The van der Waals surface area contributed by atoms with E-state index in [4.69, 9.17) is 10.3 Å². The van der Waals surface area contributed by atoms with E-state index in [1.54, 1.807) is 11.8 Å². The van der Waals surface area contributed by atoms with Gasteiger partial charge in [-0.3, -0.25) is 4.79 Å². The van der Waals surface area contributed by atoms with Crippen molar-refractivity contribution in [2.24, 2.45) is 5.11 Å². The van der Waals surface area contributed by atoms with E-state index in [1.807, 2.05) is 36.6 Å². The Bertz CT molecular complexity index is 618. The minimum Gasteiger partial charge on any atom is -0.467 e. The second kappa shape index (κ2) is 7.89. The predicted octanol–water partition coefficient (Wildman–Crippen LogP) is 2.54. The number of hydrogen-bond acceptors (Lipinski definition) is 5. The molecule has 0 N–H and O–H groups in total. The predicted molar refractivity (Wildman–Crippen MR) is 87.8 cm³/mol. The van der Waals surface area contributed by atoms with Crippen LogP contribution in [0, 0.1) is 0 Å². The number of likely N-dealkylation sites (tertiary alicyclic amines) is 1. The Kier molecular flexibility index (Phi) is 5.90. The molecule has 0 saturated carbocycles. The molecule has 0 bridgehead atoms. The SMILES string of the molecule is COC(=O)C(CCSC)N1C(=O)C(N=[N+]=[N-])C1c1ccccc1. The van der Waals surface area contributed by atoms with Crippen LogP contribution in [0.4, 0.5) is 0 Å². The van der Waals surface area contributed by atoms with Crippen molar-refractivity contribution >= 4 is 23.6 Å². The number of esters is 1. The first-order valence-electron chi connectivity index (χ1n) is 7.13. The van der Waals surface area contributed by atoms with Gasteiger partial charge in [0, 0.05) is 4.91 Å². The summed E-state index contributed by atoms with van der Waals surface area (Å²) in [5.41, 5.74) is 9.53. The Labute approximate surface area is 138 Å². The van der Waals surface area contributed by atoms with Crippen LogP contribution in [0.5, 0.6) is 0 Å². The van der Waals surface area contributed by atoms with Gasteiger partial charge in [0.1, 0.15) is 12.1 Å². The van der Waals surface area contributed by atoms with E-state index in [1.165, 1.54) is 12.0 Å². The summed E-state index contributed by atoms with van der Waals surface area (Å²) in [6.45, 7) is 0. The molecule has 1 aliphatic heterocycles. The van der Waals surface area contributed by atoms with Gasteiger partial charge in [-0.15, -0.1) is 0 Å². The minimum absolute atomic E-state index is 0.340. The number of nitrogens with zero attached hydrogens (tertiary/aromatic N) is 4. The van der Waals surface area contributed by atoms with Gasteiger partial charge in [-0.2, -0.15) is 11.8 Å².